The van der Waals surface area contributed by atoms with Gasteiger partial charge in [-0.15, -0.1) is 0 Å². The van der Waals surface area contributed by atoms with Gasteiger partial charge in [0.25, 0.3) is 5.56 Å². The first-order valence-electron chi connectivity index (χ1n) is 6.64. The Bertz CT molecular complexity index is 675. The molecular weight excluding hydrogens is 252 g/mol. The van der Waals surface area contributed by atoms with Gasteiger partial charge in [0.1, 0.15) is 12.4 Å². The van der Waals surface area contributed by atoms with Crippen molar-refractivity contribution in [3.63, 3.8) is 0 Å². The van der Waals surface area contributed by atoms with Crippen LogP contribution in [0.25, 0.3) is 0 Å². The molecule has 0 atom stereocenters. The normalized spacial score (nSPS) is 10.6. The second-order valence-electron chi connectivity index (χ2n) is 5.00. The van der Waals surface area contributed by atoms with E-state index in [2.05, 4.69) is 13.0 Å². The molecule has 0 saturated heterocycles. The van der Waals surface area contributed by atoms with Gasteiger partial charge in [0.15, 0.2) is 0 Å². The molecule has 0 spiro atoms. The lowest BCUT2D eigenvalue weighted by atomic mass is 10.1. The summed E-state index contributed by atoms with van der Waals surface area (Å²) in [5.41, 5.74) is 9.63. The molecule has 4 nitrogen and oxygen atoms in total. The van der Waals surface area contributed by atoms with E-state index in [1.165, 1.54) is 11.6 Å². The summed E-state index contributed by atoms with van der Waals surface area (Å²) in [6.45, 7) is 7.05. The molecule has 2 rings (SSSR count). The largest absolute Gasteiger partial charge is 0.491 e. The summed E-state index contributed by atoms with van der Waals surface area (Å²) in [7, 11) is 0. The van der Waals surface area contributed by atoms with Gasteiger partial charge in [0, 0.05) is 18.0 Å². The minimum absolute atomic E-state index is 0.0690. The summed E-state index contributed by atoms with van der Waals surface area (Å²) >= 11 is 0. The van der Waals surface area contributed by atoms with Gasteiger partial charge < -0.3 is 15.0 Å². The molecule has 0 radical (unpaired) electrons. The topological polar surface area (TPSA) is 57.2 Å². The monoisotopic (exact) mass is 272 g/mol. The fourth-order valence-corrected chi connectivity index (χ4v) is 2.12. The van der Waals surface area contributed by atoms with E-state index in [-0.39, 0.29) is 5.56 Å². The highest BCUT2D eigenvalue weighted by Crippen LogP contribution is 2.25. The van der Waals surface area contributed by atoms with Gasteiger partial charge >= 0.3 is 0 Å². The molecule has 0 aliphatic heterocycles. The van der Waals surface area contributed by atoms with Crippen molar-refractivity contribution in [3.05, 3.63) is 57.5 Å². The van der Waals surface area contributed by atoms with Crippen LogP contribution in [0.3, 0.4) is 0 Å². The minimum atomic E-state index is -0.0690. The van der Waals surface area contributed by atoms with Gasteiger partial charge in [-0.3, -0.25) is 4.79 Å². The molecule has 4 heteroatoms. The number of hydrogen-bond acceptors (Lipinski definition) is 3. The van der Waals surface area contributed by atoms with Crippen LogP contribution in [0.2, 0.25) is 0 Å². The zero-order valence-corrected chi connectivity index (χ0v) is 12.1. The Hall–Kier alpha value is -2.23. The predicted octanol–water partition coefficient (Wildman–Crippen LogP) is 2.43. The molecule has 0 aliphatic carbocycles. The fourth-order valence-electron chi connectivity index (χ4n) is 2.12. The maximum absolute atomic E-state index is 11.7. The average molecular weight is 272 g/mol. The van der Waals surface area contributed by atoms with E-state index in [4.69, 9.17) is 10.5 Å². The number of benzene rings is 1. The Morgan fingerprint density at radius 2 is 1.80 bits per heavy atom. The standard InChI is InChI=1S/C16H20N2O2/c1-11-4-5-12(2)16(13(11)3)20-9-8-18-10-14(17)6-7-15(18)19/h4-7,10H,8-9,17H2,1-3H3. The van der Waals surface area contributed by atoms with Crippen molar-refractivity contribution in [1.29, 1.82) is 0 Å². The fraction of sp³-hybridized carbons (Fsp3) is 0.312. The van der Waals surface area contributed by atoms with E-state index < -0.39 is 0 Å². The Morgan fingerprint density at radius 1 is 1.10 bits per heavy atom. The van der Waals surface area contributed by atoms with Crippen LogP contribution >= 0.6 is 0 Å². The predicted molar refractivity (Wildman–Crippen MR) is 81.3 cm³/mol. The third-order valence-corrected chi connectivity index (χ3v) is 3.46. The molecule has 2 N–H and O–H groups in total. The van der Waals surface area contributed by atoms with Crippen LogP contribution in [0, 0.1) is 20.8 Å². The highest BCUT2D eigenvalue weighted by molar-refractivity contribution is 5.44. The number of nitrogen functional groups attached to an aromatic ring is 1. The van der Waals surface area contributed by atoms with E-state index in [1.54, 1.807) is 16.8 Å². The molecule has 0 aliphatic rings. The van der Waals surface area contributed by atoms with Crippen LogP contribution in [-0.4, -0.2) is 11.2 Å². The van der Waals surface area contributed by atoms with Crippen molar-refractivity contribution in [1.82, 2.24) is 4.57 Å². The van der Waals surface area contributed by atoms with E-state index in [9.17, 15) is 4.79 Å². The van der Waals surface area contributed by atoms with Gasteiger partial charge in [-0.05, 0) is 43.5 Å². The van der Waals surface area contributed by atoms with Crippen LogP contribution in [-0.2, 0) is 6.54 Å². The average Bonchev–Trinajstić information content (AvgIpc) is 2.42. The smallest absolute Gasteiger partial charge is 0.250 e. The highest BCUT2D eigenvalue weighted by Gasteiger charge is 2.06. The second kappa shape index (κ2) is 5.82. The van der Waals surface area contributed by atoms with Crippen molar-refractivity contribution in [2.45, 2.75) is 27.3 Å². The second-order valence-corrected chi connectivity index (χ2v) is 5.00. The number of ether oxygens (including phenoxy) is 1. The van der Waals surface area contributed by atoms with Gasteiger partial charge in [0.2, 0.25) is 0 Å². The number of nitrogens with zero attached hydrogens (tertiary/aromatic N) is 1. The van der Waals surface area contributed by atoms with Crippen LogP contribution < -0.4 is 16.0 Å². The Kier molecular flexibility index (Phi) is 4.13. The Labute approximate surface area is 118 Å². The Balaban J connectivity index is 2.09. The quantitative estimate of drug-likeness (QED) is 0.930. The first-order valence-corrected chi connectivity index (χ1v) is 6.64. The maximum Gasteiger partial charge on any atom is 0.250 e. The molecule has 1 aromatic heterocycles. The van der Waals surface area contributed by atoms with E-state index in [1.807, 2.05) is 19.9 Å². The summed E-state index contributed by atoms with van der Waals surface area (Å²) in [6, 6.07) is 7.21. The molecule has 0 amide bonds. The van der Waals surface area contributed by atoms with Gasteiger partial charge in [-0.1, -0.05) is 12.1 Å². The number of hydrogen-bond donors (Lipinski definition) is 1. The van der Waals surface area contributed by atoms with Crippen molar-refractivity contribution in [2.75, 3.05) is 12.3 Å². The first kappa shape index (κ1) is 14.2. The molecule has 106 valence electrons. The van der Waals surface area contributed by atoms with Gasteiger partial charge in [-0.25, -0.2) is 0 Å². The molecule has 1 aromatic carbocycles. The molecule has 2 aromatic rings. The minimum Gasteiger partial charge on any atom is -0.491 e. The van der Waals surface area contributed by atoms with E-state index in [0.29, 0.717) is 18.8 Å². The van der Waals surface area contributed by atoms with Crippen LogP contribution in [0.15, 0.2) is 35.3 Å². The van der Waals surface area contributed by atoms with Crippen LogP contribution in [0.5, 0.6) is 5.75 Å². The molecule has 0 unspecified atom stereocenters. The molecule has 0 saturated carbocycles. The lowest BCUT2D eigenvalue weighted by molar-refractivity contribution is 0.292. The van der Waals surface area contributed by atoms with Crippen molar-refractivity contribution < 1.29 is 4.74 Å². The zero-order valence-electron chi connectivity index (χ0n) is 12.1. The third-order valence-electron chi connectivity index (χ3n) is 3.46. The van der Waals surface area contributed by atoms with Gasteiger partial charge in [0.05, 0.1) is 6.54 Å². The third kappa shape index (κ3) is 3.02. The van der Waals surface area contributed by atoms with Crippen LogP contribution in [0.1, 0.15) is 16.7 Å². The summed E-state index contributed by atoms with van der Waals surface area (Å²) in [4.78, 5) is 11.7. The van der Waals surface area contributed by atoms with E-state index in [0.717, 1.165) is 16.9 Å². The summed E-state index contributed by atoms with van der Waals surface area (Å²) < 4.78 is 7.41. The SMILES string of the molecule is Cc1ccc(C)c(OCCn2cc(N)ccc2=O)c1C. The Morgan fingerprint density at radius 3 is 2.55 bits per heavy atom. The molecule has 1 heterocycles. The number of nitrogens with two attached hydrogens (primary N) is 1. The zero-order chi connectivity index (χ0) is 14.7. The lowest BCUT2D eigenvalue weighted by Gasteiger charge is -2.14. The van der Waals surface area contributed by atoms with Crippen molar-refractivity contribution in [2.24, 2.45) is 0 Å². The molecule has 0 fully saturated rings. The van der Waals surface area contributed by atoms with Crippen molar-refractivity contribution in [3.8, 4) is 5.75 Å². The summed E-state index contributed by atoms with van der Waals surface area (Å²) in [5, 5.41) is 0. The number of aromatic nitrogens is 1. The van der Waals surface area contributed by atoms with Gasteiger partial charge in [-0.2, -0.15) is 0 Å². The highest BCUT2D eigenvalue weighted by atomic mass is 16.5. The number of aryl methyl sites for hydroxylation is 2. The number of anilines is 1. The molecule has 0 bridgehead atoms. The number of pyridine rings is 1. The summed E-state index contributed by atoms with van der Waals surface area (Å²) in [6.07, 6.45) is 1.64. The first-order chi connectivity index (χ1) is 9.49. The summed E-state index contributed by atoms with van der Waals surface area (Å²) in [5.74, 6) is 0.905. The lowest BCUT2D eigenvalue weighted by Crippen LogP contribution is -2.22. The molecule has 20 heavy (non-hydrogen) atoms. The van der Waals surface area contributed by atoms with Crippen LogP contribution in [0.4, 0.5) is 5.69 Å². The maximum atomic E-state index is 11.7. The van der Waals surface area contributed by atoms with Crippen molar-refractivity contribution >= 4 is 5.69 Å². The van der Waals surface area contributed by atoms with E-state index >= 15 is 0 Å². The molecular formula is C16H20N2O2. The number of rotatable bonds is 4.